The SMILES string of the molecule is CCOc1ccc(C(=O)N=c2sc3ccc(Cl)c(Cl)c3n2CC(=O)OC)cc1. The Bertz CT molecular complexity index is 1100. The first-order valence-electron chi connectivity index (χ1n) is 8.30. The van der Waals surface area contributed by atoms with Crippen LogP contribution in [-0.2, 0) is 16.1 Å². The fourth-order valence-electron chi connectivity index (χ4n) is 2.54. The number of rotatable bonds is 5. The summed E-state index contributed by atoms with van der Waals surface area (Å²) in [5, 5.41) is 0.629. The first-order valence-corrected chi connectivity index (χ1v) is 9.88. The molecule has 0 saturated heterocycles. The van der Waals surface area contributed by atoms with Crippen molar-refractivity contribution in [2.24, 2.45) is 4.99 Å². The molecule has 0 fully saturated rings. The number of benzene rings is 2. The molecule has 0 aliphatic heterocycles. The predicted molar refractivity (Wildman–Crippen MR) is 109 cm³/mol. The van der Waals surface area contributed by atoms with Crippen LogP contribution in [0.25, 0.3) is 10.2 Å². The molecule has 0 unspecified atom stereocenters. The minimum absolute atomic E-state index is 0.147. The zero-order chi connectivity index (χ0) is 20.3. The second-order valence-corrected chi connectivity index (χ2v) is 7.42. The average molecular weight is 439 g/mol. The van der Waals surface area contributed by atoms with Gasteiger partial charge in [0, 0.05) is 5.56 Å². The van der Waals surface area contributed by atoms with Crippen molar-refractivity contribution in [3.8, 4) is 5.75 Å². The van der Waals surface area contributed by atoms with E-state index in [1.807, 2.05) is 6.92 Å². The monoisotopic (exact) mass is 438 g/mol. The van der Waals surface area contributed by atoms with E-state index in [-0.39, 0.29) is 11.6 Å². The number of hydrogen-bond acceptors (Lipinski definition) is 5. The van der Waals surface area contributed by atoms with Crippen molar-refractivity contribution in [2.45, 2.75) is 13.5 Å². The number of carbonyl (C=O) groups excluding carboxylic acids is 2. The Balaban J connectivity index is 2.10. The van der Waals surface area contributed by atoms with Crippen molar-refractivity contribution in [2.75, 3.05) is 13.7 Å². The van der Waals surface area contributed by atoms with Crippen molar-refractivity contribution < 1.29 is 19.1 Å². The number of hydrogen-bond donors (Lipinski definition) is 0. The van der Waals surface area contributed by atoms with Crippen LogP contribution in [0, 0.1) is 0 Å². The normalized spacial score (nSPS) is 11.6. The molecule has 1 aromatic heterocycles. The lowest BCUT2D eigenvalue weighted by Crippen LogP contribution is -2.22. The molecule has 6 nitrogen and oxygen atoms in total. The van der Waals surface area contributed by atoms with E-state index in [1.165, 1.54) is 23.0 Å². The smallest absolute Gasteiger partial charge is 0.325 e. The molecule has 1 amide bonds. The Kier molecular flexibility index (Phi) is 6.39. The van der Waals surface area contributed by atoms with Gasteiger partial charge >= 0.3 is 5.97 Å². The van der Waals surface area contributed by atoms with Crippen LogP contribution in [0.4, 0.5) is 0 Å². The topological polar surface area (TPSA) is 69.9 Å². The number of methoxy groups -OCH3 is 1. The Labute approximate surface area is 174 Å². The summed E-state index contributed by atoms with van der Waals surface area (Å²) in [5.74, 6) is -0.274. The van der Waals surface area contributed by atoms with Crippen molar-refractivity contribution in [1.82, 2.24) is 4.57 Å². The van der Waals surface area contributed by atoms with Gasteiger partial charge in [-0.2, -0.15) is 4.99 Å². The van der Waals surface area contributed by atoms with Crippen LogP contribution >= 0.6 is 34.5 Å². The Morgan fingerprint density at radius 3 is 2.50 bits per heavy atom. The number of fused-ring (bicyclic) bond motifs is 1. The van der Waals surface area contributed by atoms with Crippen LogP contribution in [0.2, 0.25) is 10.0 Å². The maximum absolute atomic E-state index is 12.6. The summed E-state index contributed by atoms with van der Waals surface area (Å²) in [7, 11) is 1.29. The van der Waals surface area contributed by atoms with E-state index in [9.17, 15) is 9.59 Å². The molecule has 0 atom stereocenters. The molecule has 28 heavy (non-hydrogen) atoms. The second-order valence-electron chi connectivity index (χ2n) is 5.63. The van der Waals surface area contributed by atoms with E-state index in [2.05, 4.69) is 4.99 Å². The maximum atomic E-state index is 12.6. The largest absolute Gasteiger partial charge is 0.494 e. The summed E-state index contributed by atoms with van der Waals surface area (Å²) in [6, 6.07) is 10.1. The molecule has 0 N–H and O–H groups in total. The van der Waals surface area contributed by atoms with Crippen LogP contribution in [0.15, 0.2) is 41.4 Å². The molecule has 0 saturated carbocycles. The third-order valence-electron chi connectivity index (χ3n) is 3.86. The maximum Gasteiger partial charge on any atom is 0.325 e. The van der Waals surface area contributed by atoms with Crippen LogP contribution in [-0.4, -0.2) is 30.2 Å². The highest BCUT2D eigenvalue weighted by Gasteiger charge is 2.16. The van der Waals surface area contributed by atoms with Gasteiger partial charge in [-0.3, -0.25) is 9.59 Å². The molecule has 3 rings (SSSR count). The standard InChI is InChI=1S/C19H16Cl2N2O4S/c1-3-27-12-6-4-11(5-7-12)18(25)22-19-23(10-15(24)26-2)17-14(28-19)9-8-13(20)16(17)21/h4-9H,3,10H2,1-2H3. The predicted octanol–water partition coefficient (Wildman–Crippen LogP) is 4.32. The first-order chi connectivity index (χ1) is 13.4. The number of carbonyl (C=O) groups is 2. The molecular formula is C19H16Cl2N2O4S. The van der Waals surface area contributed by atoms with Gasteiger partial charge in [-0.25, -0.2) is 0 Å². The van der Waals surface area contributed by atoms with Crippen molar-refractivity contribution >= 4 is 56.6 Å². The van der Waals surface area contributed by atoms with Crippen LogP contribution < -0.4 is 9.54 Å². The second kappa shape index (κ2) is 8.77. The third-order valence-corrected chi connectivity index (χ3v) is 5.70. The lowest BCUT2D eigenvalue weighted by molar-refractivity contribution is -0.141. The average Bonchev–Trinajstić information content (AvgIpc) is 3.03. The van der Waals surface area contributed by atoms with Gasteiger partial charge in [0.1, 0.15) is 12.3 Å². The number of nitrogens with zero attached hydrogens (tertiary/aromatic N) is 2. The minimum Gasteiger partial charge on any atom is -0.494 e. The quantitative estimate of drug-likeness (QED) is 0.556. The van der Waals surface area contributed by atoms with Gasteiger partial charge in [0.25, 0.3) is 5.91 Å². The highest BCUT2D eigenvalue weighted by atomic mass is 35.5. The van der Waals surface area contributed by atoms with Gasteiger partial charge in [-0.05, 0) is 43.3 Å². The number of halogens is 2. The van der Waals surface area contributed by atoms with E-state index < -0.39 is 11.9 Å². The Morgan fingerprint density at radius 1 is 1.14 bits per heavy atom. The van der Waals surface area contributed by atoms with Gasteiger partial charge < -0.3 is 14.0 Å². The molecule has 146 valence electrons. The van der Waals surface area contributed by atoms with Gasteiger partial charge in [0.15, 0.2) is 4.80 Å². The van der Waals surface area contributed by atoms with Gasteiger partial charge in [-0.1, -0.05) is 34.5 Å². The number of aromatic nitrogens is 1. The van der Waals surface area contributed by atoms with E-state index in [0.29, 0.717) is 33.3 Å². The van der Waals surface area contributed by atoms with Crippen molar-refractivity contribution in [3.63, 3.8) is 0 Å². The summed E-state index contributed by atoms with van der Waals surface area (Å²) in [6.45, 7) is 2.27. The lowest BCUT2D eigenvalue weighted by atomic mass is 10.2. The van der Waals surface area contributed by atoms with Gasteiger partial charge in [-0.15, -0.1) is 0 Å². The van der Waals surface area contributed by atoms with Crippen LogP contribution in [0.3, 0.4) is 0 Å². The molecule has 9 heteroatoms. The molecule has 0 bridgehead atoms. The van der Waals surface area contributed by atoms with E-state index in [4.69, 9.17) is 32.7 Å². The first kappa shape index (κ1) is 20.4. The van der Waals surface area contributed by atoms with Gasteiger partial charge in [0.2, 0.25) is 0 Å². The molecule has 0 radical (unpaired) electrons. The number of esters is 1. The van der Waals surface area contributed by atoms with Gasteiger partial charge in [0.05, 0.1) is 34.0 Å². The van der Waals surface area contributed by atoms with E-state index in [1.54, 1.807) is 36.4 Å². The summed E-state index contributed by atoms with van der Waals surface area (Å²) in [5.41, 5.74) is 0.928. The molecule has 2 aromatic carbocycles. The highest BCUT2D eigenvalue weighted by Crippen LogP contribution is 2.32. The fraction of sp³-hybridized carbons (Fsp3) is 0.211. The van der Waals surface area contributed by atoms with E-state index >= 15 is 0 Å². The summed E-state index contributed by atoms with van der Waals surface area (Å²) in [4.78, 5) is 29.0. The van der Waals surface area contributed by atoms with Crippen molar-refractivity contribution in [3.05, 3.63) is 56.8 Å². The highest BCUT2D eigenvalue weighted by molar-refractivity contribution is 7.16. The zero-order valence-electron chi connectivity index (χ0n) is 15.1. The van der Waals surface area contributed by atoms with E-state index in [0.717, 1.165) is 4.70 Å². The fourth-order valence-corrected chi connectivity index (χ4v) is 4.05. The van der Waals surface area contributed by atoms with Crippen LogP contribution in [0.5, 0.6) is 5.75 Å². The van der Waals surface area contributed by atoms with Crippen LogP contribution in [0.1, 0.15) is 17.3 Å². The number of ether oxygens (including phenoxy) is 2. The molecular weight excluding hydrogens is 423 g/mol. The Morgan fingerprint density at radius 2 is 1.86 bits per heavy atom. The molecule has 0 aliphatic rings. The van der Waals surface area contributed by atoms with Crippen molar-refractivity contribution in [1.29, 1.82) is 0 Å². The Hall–Kier alpha value is -2.35. The third kappa shape index (κ3) is 4.22. The minimum atomic E-state index is -0.495. The molecule has 3 aromatic rings. The molecule has 0 spiro atoms. The summed E-state index contributed by atoms with van der Waals surface area (Å²) >= 11 is 13.7. The summed E-state index contributed by atoms with van der Waals surface area (Å²) < 4.78 is 12.4. The zero-order valence-corrected chi connectivity index (χ0v) is 17.4. The summed E-state index contributed by atoms with van der Waals surface area (Å²) in [6.07, 6.45) is 0. The number of thiazole rings is 1. The lowest BCUT2D eigenvalue weighted by Gasteiger charge is -2.06. The molecule has 1 heterocycles. The number of amides is 1. The molecule has 0 aliphatic carbocycles.